The smallest absolute Gasteiger partial charge is 0.335 e. The van der Waals surface area contributed by atoms with E-state index in [2.05, 4.69) is 26.1 Å². The summed E-state index contributed by atoms with van der Waals surface area (Å²) in [6.45, 7) is 6.93. The van der Waals surface area contributed by atoms with Crippen LogP contribution in [-0.4, -0.2) is 17.0 Å². The second kappa shape index (κ2) is 6.48. The van der Waals surface area contributed by atoms with E-state index in [9.17, 15) is 9.59 Å². The molecule has 2 aromatic rings. The van der Waals surface area contributed by atoms with Gasteiger partial charge in [-0.1, -0.05) is 32.9 Å². The van der Waals surface area contributed by atoms with Crippen molar-refractivity contribution in [1.82, 2.24) is 0 Å². The van der Waals surface area contributed by atoms with Crippen molar-refractivity contribution >= 4 is 28.2 Å². The summed E-state index contributed by atoms with van der Waals surface area (Å²) in [6, 6.07) is 7.00. The quantitative estimate of drug-likeness (QED) is 0.761. The summed E-state index contributed by atoms with van der Waals surface area (Å²) in [5.41, 5.74) is 4.28. The molecule has 0 saturated carbocycles. The third-order valence-corrected chi connectivity index (χ3v) is 7.27. The van der Waals surface area contributed by atoms with Gasteiger partial charge in [-0.15, -0.1) is 11.3 Å². The van der Waals surface area contributed by atoms with E-state index in [0.717, 1.165) is 23.4 Å². The van der Waals surface area contributed by atoms with Crippen molar-refractivity contribution in [1.29, 1.82) is 0 Å². The minimum absolute atomic E-state index is 0.0165. The van der Waals surface area contributed by atoms with Crippen molar-refractivity contribution in [3.05, 3.63) is 51.4 Å². The van der Waals surface area contributed by atoms with Gasteiger partial charge in [0.2, 0.25) is 5.91 Å². The average Bonchev–Trinajstić information content (AvgIpc) is 2.97. The topological polar surface area (TPSA) is 66.4 Å². The Morgan fingerprint density at radius 2 is 1.89 bits per heavy atom. The fourth-order valence-electron chi connectivity index (χ4n) is 4.42. The zero-order valence-electron chi connectivity index (χ0n) is 16.0. The lowest BCUT2D eigenvalue weighted by atomic mass is 9.71. The highest BCUT2D eigenvalue weighted by Crippen LogP contribution is 2.50. The molecule has 142 valence electrons. The highest BCUT2D eigenvalue weighted by molar-refractivity contribution is 7.16. The van der Waals surface area contributed by atoms with Crippen molar-refractivity contribution < 1.29 is 14.7 Å². The lowest BCUT2D eigenvalue weighted by molar-refractivity contribution is -0.116. The van der Waals surface area contributed by atoms with Crippen LogP contribution in [0.15, 0.2) is 24.3 Å². The molecule has 1 amide bonds. The minimum Gasteiger partial charge on any atom is -0.478 e. The first-order chi connectivity index (χ1) is 12.7. The van der Waals surface area contributed by atoms with E-state index in [1.165, 1.54) is 22.4 Å². The van der Waals surface area contributed by atoms with Crippen LogP contribution >= 0.6 is 11.3 Å². The third kappa shape index (κ3) is 3.29. The van der Waals surface area contributed by atoms with Gasteiger partial charge in [0.15, 0.2) is 0 Å². The van der Waals surface area contributed by atoms with Crippen LogP contribution in [0.2, 0.25) is 0 Å². The van der Waals surface area contributed by atoms with Gasteiger partial charge in [0.1, 0.15) is 0 Å². The number of carboxylic acids is 1. The number of carboxylic acid groups (broad SMARTS) is 1. The van der Waals surface area contributed by atoms with Crippen molar-refractivity contribution in [2.45, 2.75) is 52.4 Å². The molecule has 4 nitrogen and oxygen atoms in total. The van der Waals surface area contributed by atoms with Crippen LogP contribution in [0.5, 0.6) is 0 Å². The summed E-state index contributed by atoms with van der Waals surface area (Å²) in [6.07, 6.45) is 3.74. The Balaban J connectivity index is 1.73. The van der Waals surface area contributed by atoms with E-state index >= 15 is 0 Å². The van der Waals surface area contributed by atoms with E-state index in [1.807, 2.05) is 12.1 Å². The van der Waals surface area contributed by atoms with Crippen LogP contribution in [0.3, 0.4) is 0 Å². The lowest BCUT2D eigenvalue weighted by Crippen LogP contribution is -2.27. The maximum absolute atomic E-state index is 12.3. The van der Waals surface area contributed by atoms with E-state index in [0.29, 0.717) is 12.3 Å². The molecule has 2 N–H and O–H groups in total. The van der Waals surface area contributed by atoms with Crippen molar-refractivity contribution in [2.75, 3.05) is 5.32 Å². The van der Waals surface area contributed by atoms with Crippen molar-refractivity contribution in [3.8, 4) is 0 Å². The van der Waals surface area contributed by atoms with Crippen LogP contribution in [0.4, 0.5) is 5.00 Å². The highest BCUT2D eigenvalue weighted by Gasteiger charge is 2.37. The number of benzene rings is 1. The molecule has 2 atom stereocenters. The molecule has 1 aromatic carbocycles. The Kier molecular flexibility index (Phi) is 4.38. The number of amides is 1. The number of hydrogen-bond acceptors (Lipinski definition) is 3. The summed E-state index contributed by atoms with van der Waals surface area (Å²) in [5, 5.41) is 13.2. The van der Waals surface area contributed by atoms with Crippen molar-refractivity contribution in [3.63, 3.8) is 0 Å². The molecule has 0 radical (unpaired) electrons. The first-order valence-corrected chi connectivity index (χ1v) is 10.3. The molecule has 27 heavy (non-hydrogen) atoms. The first-order valence-electron chi connectivity index (χ1n) is 9.51. The Morgan fingerprint density at radius 1 is 1.19 bits per heavy atom. The Morgan fingerprint density at radius 3 is 2.52 bits per heavy atom. The third-order valence-electron chi connectivity index (χ3n) is 6.08. The monoisotopic (exact) mass is 383 g/mol. The number of fused-ring (bicyclic) bond motifs is 3. The van der Waals surface area contributed by atoms with Gasteiger partial charge in [0.05, 0.1) is 10.6 Å². The van der Waals surface area contributed by atoms with Gasteiger partial charge in [-0.05, 0) is 59.4 Å². The Bertz CT molecular complexity index is 905. The van der Waals surface area contributed by atoms with E-state index < -0.39 is 5.97 Å². The SMILES string of the molecule is CC(C)(C)[C@@H]1CCc2c(sc3c2[C@@H](c2ccc(C(=O)O)cc2)CC(=O)N3)C1. The van der Waals surface area contributed by atoms with Gasteiger partial charge in [-0.25, -0.2) is 4.79 Å². The highest BCUT2D eigenvalue weighted by atomic mass is 32.1. The number of thiophene rings is 1. The van der Waals surface area contributed by atoms with E-state index in [1.54, 1.807) is 23.5 Å². The molecule has 1 aliphatic heterocycles. The largest absolute Gasteiger partial charge is 0.478 e. The summed E-state index contributed by atoms with van der Waals surface area (Å²) >= 11 is 1.74. The zero-order chi connectivity index (χ0) is 19.3. The number of carbonyl (C=O) groups excluding carboxylic acids is 1. The van der Waals surface area contributed by atoms with Crippen LogP contribution < -0.4 is 5.32 Å². The Labute approximate surface area is 163 Å². The normalized spacial score (nSPS) is 22.0. The van der Waals surface area contributed by atoms with E-state index in [-0.39, 0.29) is 22.8 Å². The van der Waals surface area contributed by atoms with Gasteiger partial charge in [-0.3, -0.25) is 4.79 Å². The predicted octanol–water partition coefficient (Wildman–Crippen LogP) is 5.07. The summed E-state index contributed by atoms with van der Waals surface area (Å²) in [7, 11) is 0. The van der Waals surface area contributed by atoms with Crippen LogP contribution in [0, 0.1) is 11.3 Å². The minimum atomic E-state index is -0.926. The number of rotatable bonds is 2. The summed E-state index contributed by atoms with van der Waals surface area (Å²) < 4.78 is 0. The molecule has 0 bridgehead atoms. The molecule has 0 fully saturated rings. The molecule has 0 saturated heterocycles. The summed E-state index contributed by atoms with van der Waals surface area (Å²) in [5.74, 6) is -0.206. The van der Waals surface area contributed by atoms with Crippen LogP contribution in [0.25, 0.3) is 0 Å². The van der Waals surface area contributed by atoms with Gasteiger partial charge in [-0.2, -0.15) is 0 Å². The first kappa shape index (κ1) is 18.2. The van der Waals surface area contributed by atoms with Gasteiger partial charge in [0.25, 0.3) is 0 Å². The van der Waals surface area contributed by atoms with Gasteiger partial charge in [0, 0.05) is 17.2 Å². The molecule has 4 rings (SSSR count). The standard InChI is InChI=1S/C22H25NO3S/c1-22(2,3)14-8-9-15-17(10-14)27-20-19(15)16(11-18(24)23-20)12-4-6-13(7-5-12)21(25)26/h4-7,14,16H,8-11H2,1-3H3,(H,23,24)(H,25,26)/t14-,16-/m1/s1. The van der Waals surface area contributed by atoms with E-state index in [4.69, 9.17) is 5.11 Å². The molecular formula is C22H25NO3S. The molecule has 0 unspecified atom stereocenters. The molecule has 5 heteroatoms. The second-order valence-electron chi connectivity index (χ2n) is 8.78. The van der Waals surface area contributed by atoms with Crippen molar-refractivity contribution in [2.24, 2.45) is 11.3 Å². The maximum atomic E-state index is 12.3. The molecule has 1 aromatic heterocycles. The van der Waals surface area contributed by atoms with Gasteiger partial charge < -0.3 is 10.4 Å². The maximum Gasteiger partial charge on any atom is 0.335 e. The second-order valence-corrected chi connectivity index (χ2v) is 9.89. The van der Waals surface area contributed by atoms with Gasteiger partial charge >= 0.3 is 5.97 Å². The van der Waals surface area contributed by atoms with Crippen LogP contribution in [-0.2, 0) is 17.6 Å². The lowest BCUT2D eigenvalue weighted by Gasteiger charge is -2.34. The fourth-order valence-corrected chi connectivity index (χ4v) is 5.83. The average molecular weight is 384 g/mol. The number of hydrogen-bond donors (Lipinski definition) is 2. The summed E-state index contributed by atoms with van der Waals surface area (Å²) in [4.78, 5) is 24.9. The molecule has 2 aliphatic rings. The molecule has 0 spiro atoms. The number of carbonyl (C=O) groups is 2. The molecule has 1 aliphatic carbocycles. The number of anilines is 1. The fraction of sp³-hybridized carbons (Fsp3) is 0.455. The zero-order valence-corrected chi connectivity index (χ0v) is 16.8. The number of nitrogens with one attached hydrogen (secondary N) is 1. The predicted molar refractivity (Wildman–Crippen MR) is 108 cm³/mol. The molecular weight excluding hydrogens is 358 g/mol. The van der Waals surface area contributed by atoms with Crippen LogP contribution in [0.1, 0.15) is 71.5 Å². The Hall–Kier alpha value is -2.14. The number of aromatic carboxylic acids is 1. The molecule has 2 heterocycles.